The van der Waals surface area contributed by atoms with Gasteiger partial charge < -0.3 is 26.5 Å². The summed E-state index contributed by atoms with van der Waals surface area (Å²) in [5.74, 6) is -0.321. The van der Waals surface area contributed by atoms with Crippen LogP contribution in [0.1, 0.15) is 15.9 Å². The summed E-state index contributed by atoms with van der Waals surface area (Å²) in [6, 6.07) is 3.24. The smallest absolute Gasteiger partial charge is 0.409 e. The van der Waals surface area contributed by atoms with Gasteiger partial charge in [0.15, 0.2) is 0 Å². The highest BCUT2D eigenvalue weighted by molar-refractivity contribution is 6.08. The van der Waals surface area contributed by atoms with Crippen molar-refractivity contribution >= 4 is 28.9 Å². The van der Waals surface area contributed by atoms with E-state index in [4.69, 9.17) is 5.11 Å². The Morgan fingerprint density at radius 2 is 1.96 bits per heavy atom. The van der Waals surface area contributed by atoms with Crippen LogP contribution in [0.4, 0.5) is 16.2 Å². The number of carbonyl (C=O) groups excluding carboxylic acids is 1. The Hall–Kier alpha value is -2.78. The van der Waals surface area contributed by atoms with Gasteiger partial charge in [-0.3, -0.25) is 15.5 Å². The monoisotopic (exact) mass is 332 g/mol. The van der Waals surface area contributed by atoms with Crippen molar-refractivity contribution in [2.24, 2.45) is 0 Å². The summed E-state index contributed by atoms with van der Waals surface area (Å²) in [6.45, 7) is 1.23. The highest BCUT2D eigenvalue weighted by atomic mass is 16.4. The summed E-state index contributed by atoms with van der Waals surface area (Å²) >= 11 is 0. The van der Waals surface area contributed by atoms with Crippen LogP contribution in [0.2, 0.25) is 0 Å². The molecule has 1 aromatic rings. The molecule has 2 aliphatic heterocycles. The van der Waals surface area contributed by atoms with Crippen LogP contribution in [0.3, 0.4) is 0 Å². The molecule has 0 unspecified atom stereocenters. The van der Waals surface area contributed by atoms with E-state index in [1.165, 1.54) is 0 Å². The molecule has 2 amide bonds. The normalized spacial score (nSPS) is 16.9. The van der Waals surface area contributed by atoms with Crippen molar-refractivity contribution < 1.29 is 14.7 Å². The largest absolute Gasteiger partial charge is 0.465 e. The average Bonchev–Trinajstić information content (AvgIpc) is 2.68. The SMILES string of the molecule is CNCC1(CNC)Nc2cc(NC(=O)O)cc3c2C1=CNNC3=O. The first kappa shape index (κ1) is 16.1. The van der Waals surface area contributed by atoms with E-state index in [0.717, 1.165) is 11.1 Å². The van der Waals surface area contributed by atoms with E-state index in [2.05, 4.69) is 32.1 Å². The second kappa shape index (κ2) is 6.02. The molecule has 3 rings (SSSR count). The molecule has 9 nitrogen and oxygen atoms in total. The topological polar surface area (TPSA) is 127 Å². The van der Waals surface area contributed by atoms with Gasteiger partial charge in [0.2, 0.25) is 0 Å². The zero-order valence-electron chi connectivity index (χ0n) is 13.4. The lowest BCUT2D eigenvalue weighted by Crippen LogP contribution is -2.51. The van der Waals surface area contributed by atoms with Crippen LogP contribution in [0.5, 0.6) is 0 Å². The second-order valence-electron chi connectivity index (χ2n) is 5.80. The molecule has 9 heteroatoms. The van der Waals surface area contributed by atoms with Gasteiger partial charge in [-0.1, -0.05) is 0 Å². The Labute approximate surface area is 138 Å². The van der Waals surface area contributed by atoms with E-state index < -0.39 is 11.6 Å². The number of benzene rings is 1. The van der Waals surface area contributed by atoms with Crippen LogP contribution in [0, 0.1) is 0 Å². The van der Waals surface area contributed by atoms with Crippen molar-refractivity contribution in [3.63, 3.8) is 0 Å². The number of hydrogen-bond acceptors (Lipinski definition) is 6. The molecule has 2 heterocycles. The molecular weight excluding hydrogens is 312 g/mol. The van der Waals surface area contributed by atoms with Gasteiger partial charge in [-0.2, -0.15) is 0 Å². The Morgan fingerprint density at radius 1 is 1.25 bits per heavy atom. The zero-order chi connectivity index (χ0) is 17.3. The summed E-state index contributed by atoms with van der Waals surface area (Å²) < 4.78 is 0. The molecule has 24 heavy (non-hydrogen) atoms. The first-order valence-corrected chi connectivity index (χ1v) is 7.53. The van der Waals surface area contributed by atoms with E-state index in [0.29, 0.717) is 30.0 Å². The number of anilines is 2. The highest BCUT2D eigenvalue weighted by Gasteiger charge is 2.43. The lowest BCUT2D eigenvalue weighted by Gasteiger charge is -2.31. The number of rotatable bonds is 5. The summed E-state index contributed by atoms with van der Waals surface area (Å²) in [5, 5.41) is 21.1. The van der Waals surface area contributed by atoms with Crippen molar-refractivity contribution in [1.82, 2.24) is 21.5 Å². The molecule has 128 valence electrons. The molecule has 1 aromatic carbocycles. The van der Waals surface area contributed by atoms with Crippen LogP contribution in [-0.4, -0.2) is 49.8 Å². The number of hydrogen-bond donors (Lipinski definition) is 7. The van der Waals surface area contributed by atoms with Crippen LogP contribution >= 0.6 is 0 Å². The third kappa shape index (κ3) is 2.53. The summed E-state index contributed by atoms with van der Waals surface area (Å²) in [4.78, 5) is 23.3. The number of carbonyl (C=O) groups is 2. The molecule has 7 N–H and O–H groups in total. The molecule has 2 aliphatic rings. The Morgan fingerprint density at radius 3 is 2.58 bits per heavy atom. The fourth-order valence-corrected chi connectivity index (χ4v) is 3.37. The quantitative estimate of drug-likeness (QED) is 0.403. The maximum Gasteiger partial charge on any atom is 0.409 e. The number of hydrazine groups is 1. The molecule has 0 aliphatic carbocycles. The van der Waals surface area contributed by atoms with Crippen molar-refractivity contribution in [3.8, 4) is 0 Å². The molecule has 0 saturated carbocycles. The van der Waals surface area contributed by atoms with Crippen molar-refractivity contribution in [2.75, 3.05) is 37.8 Å². The molecule has 0 saturated heterocycles. The minimum Gasteiger partial charge on any atom is -0.465 e. The molecule has 0 radical (unpaired) electrons. The predicted octanol–water partition coefficient (Wildman–Crippen LogP) is -0.0315. The highest BCUT2D eigenvalue weighted by Crippen LogP contribution is 2.45. The maximum absolute atomic E-state index is 12.4. The summed E-state index contributed by atoms with van der Waals surface area (Å²) in [6.07, 6.45) is 0.589. The fourth-order valence-electron chi connectivity index (χ4n) is 3.37. The van der Waals surface area contributed by atoms with Gasteiger partial charge in [-0.25, -0.2) is 4.79 Å². The fraction of sp³-hybridized carbons (Fsp3) is 0.333. The second-order valence-corrected chi connectivity index (χ2v) is 5.80. The molecular formula is C15H20N6O3. The van der Waals surface area contributed by atoms with Gasteiger partial charge in [0.1, 0.15) is 0 Å². The van der Waals surface area contributed by atoms with E-state index in [9.17, 15) is 9.59 Å². The first-order valence-electron chi connectivity index (χ1n) is 7.53. The van der Waals surface area contributed by atoms with Crippen LogP contribution in [0.15, 0.2) is 18.3 Å². The van der Waals surface area contributed by atoms with Gasteiger partial charge in [0, 0.05) is 41.8 Å². The van der Waals surface area contributed by atoms with Crippen LogP contribution in [-0.2, 0) is 0 Å². The zero-order valence-corrected chi connectivity index (χ0v) is 13.4. The number of amides is 2. The lowest BCUT2D eigenvalue weighted by atomic mass is 9.87. The Balaban J connectivity index is 2.17. The minimum atomic E-state index is -1.18. The average molecular weight is 332 g/mol. The lowest BCUT2D eigenvalue weighted by molar-refractivity contribution is 0.0942. The third-order valence-electron chi connectivity index (χ3n) is 4.15. The first-order chi connectivity index (χ1) is 11.5. The summed E-state index contributed by atoms with van der Waals surface area (Å²) in [7, 11) is 3.71. The van der Waals surface area contributed by atoms with E-state index >= 15 is 0 Å². The number of nitrogens with one attached hydrogen (secondary N) is 6. The van der Waals surface area contributed by atoms with Gasteiger partial charge in [-0.05, 0) is 26.2 Å². The van der Waals surface area contributed by atoms with Crippen LogP contribution in [0.25, 0.3) is 5.57 Å². The van der Waals surface area contributed by atoms with Gasteiger partial charge in [-0.15, -0.1) is 0 Å². The van der Waals surface area contributed by atoms with Gasteiger partial charge >= 0.3 is 6.09 Å². The molecule has 0 atom stereocenters. The third-order valence-corrected chi connectivity index (χ3v) is 4.15. The van der Waals surface area contributed by atoms with E-state index in [-0.39, 0.29) is 5.91 Å². The Kier molecular flexibility index (Phi) is 4.04. The predicted molar refractivity (Wildman–Crippen MR) is 90.9 cm³/mol. The molecule has 0 aromatic heterocycles. The van der Waals surface area contributed by atoms with Gasteiger partial charge in [0.25, 0.3) is 5.91 Å². The number of carboxylic acid groups (broad SMARTS) is 1. The standard InChI is InChI=1S/C15H20N6O3/c1-16-6-15(7-17-2)10-5-18-21-13(22)9-3-8(19-14(23)24)4-11(20-15)12(9)10/h3-5,16-20H,6-7H2,1-2H3,(H,21,22)(H,23,24). The van der Waals surface area contributed by atoms with E-state index in [1.807, 2.05) is 14.1 Å². The van der Waals surface area contributed by atoms with Crippen molar-refractivity contribution in [2.45, 2.75) is 5.54 Å². The summed E-state index contributed by atoms with van der Waals surface area (Å²) in [5.41, 5.74) is 8.10. The minimum absolute atomic E-state index is 0.321. The molecule has 0 bridgehead atoms. The van der Waals surface area contributed by atoms with E-state index in [1.54, 1.807) is 18.3 Å². The molecule has 0 fully saturated rings. The van der Waals surface area contributed by atoms with Gasteiger partial charge in [0.05, 0.1) is 11.1 Å². The van der Waals surface area contributed by atoms with Crippen molar-refractivity contribution in [1.29, 1.82) is 0 Å². The molecule has 0 spiro atoms. The maximum atomic E-state index is 12.4. The van der Waals surface area contributed by atoms with Crippen molar-refractivity contribution in [3.05, 3.63) is 29.5 Å². The Bertz CT molecular complexity index is 724. The van der Waals surface area contributed by atoms with Crippen LogP contribution < -0.4 is 32.1 Å². The number of likely N-dealkylation sites (N-methyl/N-ethyl adjacent to an activating group) is 2.